The maximum Gasteiger partial charge on any atom is 0.240 e. The molecule has 6 nitrogen and oxygen atoms in total. The molecule has 2 aromatic heterocycles. The highest BCUT2D eigenvalue weighted by Crippen LogP contribution is 2.22. The molecule has 0 aromatic carbocycles. The Kier molecular flexibility index (Phi) is 4.03. The van der Waals surface area contributed by atoms with E-state index in [1.54, 1.807) is 6.20 Å². The Balaban J connectivity index is 1.57. The van der Waals surface area contributed by atoms with Crippen molar-refractivity contribution in [3.8, 4) is 0 Å². The molecule has 0 spiro atoms. The smallest absolute Gasteiger partial charge is 0.240 e. The zero-order valence-corrected chi connectivity index (χ0v) is 11.5. The summed E-state index contributed by atoms with van der Waals surface area (Å²) in [6, 6.07) is 3.99. The van der Waals surface area contributed by atoms with Gasteiger partial charge < -0.3 is 9.26 Å². The summed E-state index contributed by atoms with van der Waals surface area (Å²) in [4.78, 5) is 10.7. The van der Waals surface area contributed by atoms with E-state index in [2.05, 4.69) is 26.1 Å². The van der Waals surface area contributed by atoms with Gasteiger partial charge in [0.05, 0.1) is 13.2 Å². The average molecular weight is 274 g/mol. The van der Waals surface area contributed by atoms with Crippen LogP contribution in [0.2, 0.25) is 0 Å². The number of nitrogens with zero attached hydrogens (tertiary/aromatic N) is 4. The van der Waals surface area contributed by atoms with Gasteiger partial charge in [0.2, 0.25) is 5.89 Å². The lowest BCUT2D eigenvalue weighted by Gasteiger charge is -2.13. The predicted molar refractivity (Wildman–Crippen MR) is 71.9 cm³/mol. The molecule has 3 rings (SSSR count). The first-order valence-electron chi connectivity index (χ1n) is 6.79. The van der Waals surface area contributed by atoms with Crippen LogP contribution in [0.4, 0.5) is 0 Å². The van der Waals surface area contributed by atoms with Gasteiger partial charge in [-0.15, -0.1) is 0 Å². The standard InChI is InChI=1S/C14H18N4O2/c1-18(8-11-3-2-5-15-7-11)9-13-16-14(17-20-13)12-4-6-19-10-12/h2-3,5,7,12H,4,6,8-10H2,1H3/t12-/m0/s1. The predicted octanol–water partition coefficient (Wildman–Crippen LogP) is 1.60. The van der Waals surface area contributed by atoms with E-state index in [9.17, 15) is 0 Å². The van der Waals surface area contributed by atoms with Crippen LogP contribution in [0.1, 0.15) is 29.6 Å². The lowest BCUT2D eigenvalue weighted by molar-refractivity contribution is 0.192. The first-order chi connectivity index (χ1) is 9.81. The summed E-state index contributed by atoms with van der Waals surface area (Å²) in [5, 5.41) is 4.05. The number of rotatable bonds is 5. The van der Waals surface area contributed by atoms with Crippen LogP contribution in [-0.2, 0) is 17.8 Å². The Morgan fingerprint density at radius 1 is 1.40 bits per heavy atom. The Morgan fingerprint density at radius 3 is 3.10 bits per heavy atom. The molecule has 106 valence electrons. The molecule has 1 fully saturated rings. The fourth-order valence-electron chi connectivity index (χ4n) is 2.33. The van der Waals surface area contributed by atoms with E-state index < -0.39 is 0 Å². The molecule has 0 N–H and O–H groups in total. The zero-order valence-electron chi connectivity index (χ0n) is 11.5. The van der Waals surface area contributed by atoms with E-state index >= 15 is 0 Å². The Morgan fingerprint density at radius 2 is 2.35 bits per heavy atom. The third kappa shape index (κ3) is 3.20. The fourth-order valence-corrected chi connectivity index (χ4v) is 2.33. The topological polar surface area (TPSA) is 64.3 Å². The van der Waals surface area contributed by atoms with Crippen molar-refractivity contribution in [2.24, 2.45) is 0 Å². The monoisotopic (exact) mass is 274 g/mol. The van der Waals surface area contributed by atoms with E-state index in [0.29, 0.717) is 19.0 Å². The largest absolute Gasteiger partial charge is 0.381 e. The van der Waals surface area contributed by atoms with Crippen LogP contribution in [-0.4, -0.2) is 40.3 Å². The van der Waals surface area contributed by atoms with Crippen molar-refractivity contribution in [2.75, 3.05) is 20.3 Å². The van der Waals surface area contributed by atoms with E-state index in [4.69, 9.17) is 9.26 Å². The van der Waals surface area contributed by atoms with Gasteiger partial charge in [0.15, 0.2) is 5.82 Å². The van der Waals surface area contributed by atoms with Gasteiger partial charge in [0, 0.05) is 31.5 Å². The van der Waals surface area contributed by atoms with Crippen LogP contribution in [0.5, 0.6) is 0 Å². The molecule has 1 aliphatic rings. The first kappa shape index (κ1) is 13.2. The molecule has 6 heteroatoms. The molecular formula is C14H18N4O2. The van der Waals surface area contributed by atoms with Crippen molar-refractivity contribution in [3.63, 3.8) is 0 Å². The lowest BCUT2D eigenvalue weighted by Crippen LogP contribution is -2.17. The maximum absolute atomic E-state index is 5.34. The first-order valence-corrected chi connectivity index (χ1v) is 6.79. The minimum Gasteiger partial charge on any atom is -0.381 e. The van der Waals surface area contributed by atoms with Crippen molar-refractivity contribution in [2.45, 2.75) is 25.4 Å². The average Bonchev–Trinajstić information content (AvgIpc) is 3.10. The van der Waals surface area contributed by atoms with E-state index in [1.165, 1.54) is 5.56 Å². The summed E-state index contributed by atoms with van der Waals surface area (Å²) in [6.07, 6.45) is 4.62. The number of aromatic nitrogens is 3. The van der Waals surface area contributed by atoms with Crippen molar-refractivity contribution in [3.05, 3.63) is 41.8 Å². The number of hydrogen-bond donors (Lipinski definition) is 0. The minimum absolute atomic E-state index is 0.288. The molecule has 1 aliphatic heterocycles. The Labute approximate surface area is 117 Å². The summed E-state index contributed by atoms with van der Waals surface area (Å²) >= 11 is 0. The summed E-state index contributed by atoms with van der Waals surface area (Å²) in [6.45, 7) is 2.92. The van der Waals surface area contributed by atoms with Crippen LogP contribution in [0, 0.1) is 0 Å². The number of ether oxygens (including phenoxy) is 1. The highest BCUT2D eigenvalue weighted by Gasteiger charge is 2.23. The van der Waals surface area contributed by atoms with Gasteiger partial charge in [-0.05, 0) is 25.1 Å². The zero-order chi connectivity index (χ0) is 13.8. The summed E-state index contributed by atoms with van der Waals surface area (Å²) < 4.78 is 10.7. The van der Waals surface area contributed by atoms with Crippen molar-refractivity contribution in [1.29, 1.82) is 0 Å². The molecule has 0 unspecified atom stereocenters. The molecule has 3 heterocycles. The van der Waals surface area contributed by atoms with Crippen LogP contribution >= 0.6 is 0 Å². The lowest BCUT2D eigenvalue weighted by atomic mass is 10.1. The van der Waals surface area contributed by atoms with Gasteiger partial charge in [-0.2, -0.15) is 4.98 Å². The van der Waals surface area contributed by atoms with Crippen molar-refractivity contribution in [1.82, 2.24) is 20.0 Å². The highest BCUT2D eigenvalue weighted by molar-refractivity contribution is 5.08. The molecule has 1 atom stereocenters. The maximum atomic E-state index is 5.34. The molecule has 2 aromatic rings. The van der Waals surface area contributed by atoms with Gasteiger partial charge in [0.25, 0.3) is 0 Å². The van der Waals surface area contributed by atoms with E-state index in [-0.39, 0.29) is 5.92 Å². The highest BCUT2D eigenvalue weighted by atomic mass is 16.5. The molecule has 20 heavy (non-hydrogen) atoms. The van der Waals surface area contributed by atoms with Crippen LogP contribution in [0.15, 0.2) is 29.0 Å². The minimum atomic E-state index is 0.288. The van der Waals surface area contributed by atoms with Gasteiger partial charge in [-0.1, -0.05) is 11.2 Å². The summed E-state index contributed by atoms with van der Waals surface area (Å²) in [5.74, 6) is 1.71. The Hall–Kier alpha value is -1.79. The molecule has 0 aliphatic carbocycles. The second-order valence-electron chi connectivity index (χ2n) is 5.14. The summed E-state index contributed by atoms with van der Waals surface area (Å²) in [5.41, 5.74) is 1.17. The second kappa shape index (κ2) is 6.11. The quantitative estimate of drug-likeness (QED) is 0.825. The molecule has 1 saturated heterocycles. The van der Waals surface area contributed by atoms with Crippen LogP contribution in [0.3, 0.4) is 0 Å². The number of hydrogen-bond acceptors (Lipinski definition) is 6. The molecule has 0 saturated carbocycles. The third-order valence-corrected chi connectivity index (χ3v) is 3.36. The van der Waals surface area contributed by atoms with Crippen LogP contribution in [0.25, 0.3) is 0 Å². The van der Waals surface area contributed by atoms with Gasteiger partial charge in [0.1, 0.15) is 0 Å². The van der Waals surface area contributed by atoms with Gasteiger partial charge in [-0.3, -0.25) is 9.88 Å². The fraction of sp³-hybridized carbons (Fsp3) is 0.500. The van der Waals surface area contributed by atoms with E-state index in [0.717, 1.165) is 25.4 Å². The summed E-state index contributed by atoms with van der Waals surface area (Å²) in [7, 11) is 2.02. The van der Waals surface area contributed by atoms with Crippen molar-refractivity contribution >= 4 is 0 Å². The Bertz CT molecular complexity index is 537. The SMILES string of the molecule is CN(Cc1cccnc1)Cc1nc([C@H]2CCOC2)no1. The molecular weight excluding hydrogens is 256 g/mol. The van der Waals surface area contributed by atoms with Gasteiger partial charge >= 0.3 is 0 Å². The van der Waals surface area contributed by atoms with Gasteiger partial charge in [-0.25, -0.2) is 0 Å². The normalized spacial score (nSPS) is 18.8. The third-order valence-electron chi connectivity index (χ3n) is 3.36. The van der Waals surface area contributed by atoms with Crippen molar-refractivity contribution < 1.29 is 9.26 Å². The van der Waals surface area contributed by atoms with Crippen LogP contribution < -0.4 is 0 Å². The van der Waals surface area contributed by atoms with E-state index in [1.807, 2.05) is 19.3 Å². The molecule has 0 radical (unpaired) electrons. The number of pyridine rings is 1. The molecule has 0 amide bonds. The molecule has 0 bridgehead atoms. The second-order valence-corrected chi connectivity index (χ2v) is 5.14.